The van der Waals surface area contributed by atoms with Gasteiger partial charge in [-0.05, 0) is 34.8 Å². The third kappa shape index (κ3) is 4.01. The second-order valence-corrected chi connectivity index (χ2v) is 3.58. The quantitative estimate of drug-likeness (QED) is 0.272. The molecule has 4 heteroatoms. The van der Waals surface area contributed by atoms with Gasteiger partial charge in [-0.1, -0.05) is 42.5 Å². The lowest BCUT2D eigenvalue weighted by Crippen LogP contribution is -2.00. The first-order chi connectivity index (χ1) is 7.61. The number of carbonyl (C=O) groups excluding carboxylic acids is 2. The van der Waals surface area contributed by atoms with Gasteiger partial charge < -0.3 is 0 Å². The molecule has 0 aliphatic carbocycles. The number of hydrogen-bond donors (Lipinski definition) is 0. The second-order valence-electron chi connectivity index (χ2n) is 2.90. The van der Waals surface area contributed by atoms with Gasteiger partial charge in [-0.15, -0.1) is 0 Å². The molecule has 1 aromatic carbocycles. The van der Waals surface area contributed by atoms with E-state index in [1.165, 1.54) is 6.08 Å². The van der Waals surface area contributed by atoms with Crippen LogP contribution in [0.3, 0.4) is 0 Å². The average Bonchev–Trinajstić information content (AvgIpc) is 2.24. The fraction of sp³-hybridized carbons (Fsp3) is 0. The molecule has 0 saturated heterocycles. The minimum Gasteiger partial charge on any atom is -0.275 e. The van der Waals surface area contributed by atoms with Crippen molar-refractivity contribution in [3.05, 3.63) is 53.6 Å². The van der Waals surface area contributed by atoms with Gasteiger partial charge in [0.25, 0.3) is 10.5 Å². The van der Waals surface area contributed by atoms with E-state index < -0.39 is 10.5 Å². The molecule has 0 saturated carbocycles. The van der Waals surface area contributed by atoms with Crippen molar-refractivity contribution < 1.29 is 9.59 Å². The van der Waals surface area contributed by atoms with E-state index in [0.717, 1.165) is 5.56 Å². The van der Waals surface area contributed by atoms with Gasteiger partial charge in [0.05, 0.1) is 5.57 Å². The Hall–Kier alpha value is -1.38. The van der Waals surface area contributed by atoms with Gasteiger partial charge in [-0.3, -0.25) is 9.59 Å². The van der Waals surface area contributed by atoms with Crippen molar-refractivity contribution in [3.63, 3.8) is 0 Å². The molecule has 0 aliphatic heterocycles. The third-order valence-corrected chi connectivity index (χ3v) is 2.18. The van der Waals surface area contributed by atoms with Crippen molar-refractivity contribution >= 4 is 39.8 Å². The van der Waals surface area contributed by atoms with Crippen LogP contribution in [0.15, 0.2) is 48.1 Å². The van der Waals surface area contributed by atoms with Crippen LogP contribution in [0, 0.1) is 0 Å². The molecule has 0 fully saturated rings. The summed E-state index contributed by atoms with van der Waals surface area (Å²) >= 11 is 10.3. The fourth-order valence-corrected chi connectivity index (χ4v) is 1.37. The molecule has 0 spiro atoms. The zero-order valence-electron chi connectivity index (χ0n) is 8.19. The van der Waals surface area contributed by atoms with E-state index in [1.807, 2.05) is 30.3 Å². The van der Waals surface area contributed by atoms with Gasteiger partial charge in [0.2, 0.25) is 0 Å². The van der Waals surface area contributed by atoms with Gasteiger partial charge in [0.1, 0.15) is 0 Å². The molecule has 0 radical (unpaired) electrons. The molecule has 1 aromatic rings. The molecule has 0 unspecified atom stereocenters. The van der Waals surface area contributed by atoms with Crippen molar-refractivity contribution in [2.24, 2.45) is 0 Å². The molecule has 0 aliphatic rings. The van der Waals surface area contributed by atoms with Crippen LogP contribution in [0.4, 0.5) is 0 Å². The number of hydrogen-bond acceptors (Lipinski definition) is 2. The lowest BCUT2D eigenvalue weighted by Gasteiger charge is -1.91. The van der Waals surface area contributed by atoms with Gasteiger partial charge in [0, 0.05) is 0 Å². The third-order valence-electron chi connectivity index (χ3n) is 1.77. The standard InChI is InChI=1S/C12H8Cl2O2/c13-11(15)10(12(14)16)8-4-7-9-5-2-1-3-6-9/h1-8H/b7-4+. The van der Waals surface area contributed by atoms with E-state index in [0.29, 0.717) is 0 Å². The van der Waals surface area contributed by atoms with Crippen molar-refractivity contribution in [1.29, 1.82) is 0 Å². The Morgan fingerprint density at radius 1 is 1.00 bits per heavy atom. The monoisotopic (exact) mass is 254 g/mol. The van der Waals surface area contributed by atoms with Crippen molar-refractivity contribution in [2.75, 3.05) is 0 Å². The summed E-state index contributed by atoms with van der Waals surface area (Å²) in [5.74, 6) is 0. The van der Waals surface area contributed by atoms with Gasteiger partial charge in [-0.2, -0.15) is 0 Å². The van der Waals surface area contributed by atoms with Crippen molar-refractivity contribution in [3.8, 4) is 0 Å². The zero-order valence-corrected chi connectivity index (χ0v) is 9.70. The SMILES string of the molecule is O=C(Cl)C(=C/C=C/c1ccccc1)C(=O)Cl. The Kier molecular flexibility index (Phi) is 4.96. The number of allylic oxidation sites excluding steroid dienone is 3. The number of carbonyl (C=O) groups is 2. The van der Waals surface area contributed by atoms with E-state index in [2.05, 4.69) is 0 Å². The molecule has 0 aromatic heterocycles. The van der Waals surface area contributed by atoms with Crippen LogP contribution in [0.5, 0.6) is 0 Å². The fourth-order valence-electron chi connectivity index (χ4n) is 1.03. The number of benzene rings is 1. The van der Waals surface area contributed by atoms with Gasteiger partial charge >= 0.3 is 0 Å². The first-order valence-corrected chi connectivity index (χ1v) is 5.20. The highest BCUT2D eigenvalue weighted by molar-refractivity contribution is 6.79. The summed E-state index contributed by atoms with van der Waals surface area (Å²) in [6, 6.07) is 9.42. The predicted octanol–water partition coefficient (Wildman–Crippen LogP) is 3.16. The summed E-state index contributed by atoms with van der Waals surface area (Å²) in [5, 5.41) is -1.73. The van der Waals surface area contributed by atoms with E-state index in [4.69, 9.17) is 23.2 Å². The van der Waals surface area contributed by atoms with Crippen LogP contribution < -0.4 is 0 Å². The highest BCUT2D eigenvalue weighted by Crippen LogP contribution is 2.07. The average molecular weight is 255 g/mol. The maximum atomic E-state index is 10.8. The highest BCUT2D eigenvalue weighted by Gasteiger charge is 2.11. The highest BCUT2D eigenvalue weighted by atomic mass is 35.5. The largest absolute Gasteiger partial charge is 0.275 e. The molecule has 82 valence electrons. The lowest BCUT2D eigenvalue weighted by atomic mass is 10.2. The zero-order chi connectivity index (χ0) is 12.0. The number of halogens is 2. The molecule has 2 nitrogen and oxygen atoms in total. The molecule has 0 amide bonds. The first-order valence-electron chi connectivity index (χ1n) is 4.44. The molecule has 0 bridgehead atoms. The minimum absolute atomic E-state index is 0.240. The Balaban J connectivity index is 2.82. The molecule has 0 N–H and O–H groups in total. The number of rotatable bonds is 4. The second kappa shape index (κ2) is 6.26. The van der Waals surface area contributed by atoms with Crippen LogP contribution in [0.1, 0.15) is 5.56 Å². The Labute approximate surface area is 103 Å². The molecular formula is C12H8Cl2O2. The molecule has 16 heavy (non-hydrogen) atoms. The van der Waals surface area contributed by atoms with E-state index in [1.54, 1.807) is 12.2 Å². The van der Waals surface area contributed by atoms with E-state index >= 15 is 0 Å². The maximum absolute atomic E-state index is 10.8. The summed E-state index contributed by atoms with van der Waals surface area (Å²) in [7, 11) is 0. The maximum Gasteiger partial charge on any atom is 0.257 e. The van der Waals surface area contributed by atoms with Gasteiger partial charge in [-0.25, -0.2) is 0 Å². The Morgan fingerprint density at radius 2 is 1.56 bits per heavy atom. The topological polar surface area (TPSA) is 34.1 Å². The summed E-state index contributed by atoms with van der Waals surface area (Å²) in [6.07, 6.45) is 4.57. The molecule has 0 heterocycles. The van der Waals surface area contributed by atoms with Crippen LogP contribution in [-0.2, 0) is 9.59 Å². The molecule has 1 rings (SSSR count). The minimum atomic E-state index is -0.863. The van der Waals surface area contributed by atoms with E-state index in [-0.39, 0.29) is 5.57 Å². The predicted molar refractivity (Wildman–Crippen MR) is 65.3 cm³/mol. The summed E-state index contributed by atoms with van der Waals surface area (Å²) in [5.41, 5.74) is 0.706. The summed E-state index contributed by atoms with van der Waals surface area (Å²) in [6.45, 7) is 0. The van der Waals surface area contributed by atoms with Gasteiger partial charge in [0.15, 0.2) is 0 Å². The first kappa shape index (κ1) is 12.7. The summed E-state index contributed by atoms with van der Waals surface area (Å²) < 4.78 is 0. The van der Waals surface area contributed by atoms with Crippen LogP contribution in [0.2, 0.25) is 0 Å². The lowest BCUT2D eigenvalue weighted by molar-refractivity contribution is -0.113. The Bertz CT molecular complexity index is 431. The molecular weight excluding hydrogens is 247 g/mol. The van der Waals surface area contributed by atoms with Crippen LogP contribution in [0.25, 0.3) is 6.08 Å². The van der Waals surface area contributed by atoms with Crippen molar-refractivity contribution in [2.45, 2.75) is 0 Å². The molecule has 0 atom stereocenters. The Morgan fingerprint density at radius 3 is 2.06 bits per heavy atom. The normalized spacial score (nSPS) is 10.1. The van der Waals surface area contributed by atoms with Crippen LogP contribution in [-0.4, -0.2) is 10.5 Å². The van der Waals surface area contributed by atoms with E-state index in [9.17, 15) is 9.59 Å². The van der Waals surface area contributed by atoms with Crippen LogP contribution >= 0.6 is 23.2 Å². The smallest absolute Gasteiger partial charge is 0.257 e. The summed E-state index contributed by atoms with van der Waals surface area (Å²) in [4.78, 5) is 21.6. The van der Waals surface area contributed by atoms with Crippen molar-refractivity contribution in [1.82, 2.24) is 0 Å².